The summed E-state index contributed by atoms with van der Waals surface area (Å²) in [5.41, 5.74) is 3.14. The van der Waals surface area contributed by atoms with Gasteiger partial charge in [0.25, 0.3) is 0 Å². The predicted octanol–water partition coefficient (Wildman–Crippen LogP) is 4.90. The molecular weight excluding hydrogens is 282 g/mol. The molecule has 0 aliphatic heterocycles. The zero-order valence-electron chi connectivity index (χ0n) is 12.2. The fourth-order valence-electron chi connectivity index (χ4n) is 2.43. The number of para-hydroxylation sites is 1. The van der Waals surface area contributed by atoms with Crippen molar-refractivity contribution in [3.05, 3.63) is 59.1 Å². The van der Waals surface area contributed by atoms with Crippen molar-refractivity contribution >= 4 is 22.6 Å². The van der Waals surface area contributed by atoms with Gasteiger partial charge in [-0.1, -0.05) is 48.0 Å². The number of nitrogens with one attached hydrogen (secondary N) is 1. The molecule has 1 atom stereocenters. The molecule has 0 radical (unpaired) electrons. The normalized spacial score (nSPS) is 12.7. The van der Waals surface area contributed by atoms with Crippen molar-refractivity contribution in [3.8, 4) is 11.3 Å². The molecule has 0 bridgehead atoms. The molecule has 1 aromatic heterocycles. The summed E-state index contributed by atoms with van der Waals surface area (Å²) in [6.45, 7) is 2.18. The summed E-state index contributed by atoms with van der Waals surface area (Å²) in [6, 6.07) is 16.8. The molecule has 3 aromatic rings. The Hall–Kier alpha value is -1.77. The molecule has 0 aliphatic carbocycles. The Morgan fingerprint density at radius 1 is 1.14 bits per heavy atom. The maximum Gasteiger partial charge on any atom is 0.153 e. The Labute approximate surface area is 129 Å². The Morgan fingerprint density at radius 3 is 2.57 bits per heavy atom. The first kappa shape index (κ1) is 14.2. The van der Waals surface area contributed by atoms with Crippen LogP contribution in [0.2, 0.25) is 5.02 Å². The Kier molecular flexibility index (Phi) is 4.00. The van der Waals surface area contributed by atoms with Crippen LogP contribution >= 0.6 is 11.6 Å². The molecule has 1 N–H and O–H groups in total. The molecule has 0 spiro atoms. The van der Waals surface area contributed by atoms with Gasteiger partial charge in [-0.05, 0) is 38.1 Å². The number of furan rings is 1. The molecule has 3 rings (SSSR count). The van der Waals surface area contributed by atoms with Crippen LogP contribution in [0.15, 0.2) is 52.9 Å². The second-order valence-electron chi connectivity index (χ2n) is 5.36. The Bertz CT molecular complexity index is 746. The largest absolute Gasteiger partial charge is 0.455 e. The lowest BCUT2D eigenvalue weighted by molar-refractivity contribution is 0.608. The van der Waals surface area contributed by atoms with Crippen molar-refractivity contribution in [1.82, 2.24) is 5.32 Å². The van der Waals surface area contributed by atoms with E-state index in [1.54, 1.807) is 0 Å². The number of rotatable bonds is 4. The predicted molar refractivity (Wildman–Crippen MR) is 88.9 cm³/mol. The van der Waals surface area contributed by atoms with E-state index in [-0.39, 0.29) is 0 Å². The van der Waals surface area contributed by atoms with E-state index in [1.165, 1.54) is 5.56 Å². The SMILES string of the molecule is CNC(C)Cc1ccc(-c2cc3cccc(Cl)c3o2)cc1. The van der Waals surface area contributed by atoms with E-state index in [9.17, 15) is 0 Å². The smallest absolute Gasteiger partial charge is 0.153 e. The lowest BCUT2D eigenvalue weighted by Crippen LogP contribution is -2.23. The zero-order chi connectivity index (χ0) is 14.8. The Balaban J connectivity index is 1.90. The summed E-state index contributed by atoms with van der Waals surface area (Å²) in [4.78, 5) is 0. The highest BCUT2D eigenvalue weighted by atomic mass is 35.5. The number of benzene rings is 2. The number of fused-ring (bicyclic) bond motifs is 1. The van der Waals surface area contributed by atoms with Crippen LogP contribution in [-0.2, 0) is 6.42 Å². The van der Waals surface area contributed by atoms with Gasteiger partial charge >= 0.3 is 0 Å². The molecule has 1 unspecified atom stereocenters. The first-order valence-electron chi connectivity index (χ1n) is 7.12. The molecule has 1 heterocycles. The summed E-state index contributed by atoms with van der Waals surface area (Å²) >= 11 is 6.16. The van der Waals surface area contributed by atoms with Crippen LogP contribution < -0.4 is 5.32 Å². The minimum Gasteiger partial charge on any atom is -0.455 e. The average molecular weight is 300 g/mol. The summed E-state index contributed by atoms with van der Waals surface area (Å²) in [6.07, 6.45) is 1.02. The summed E-state index contributed by atoms with van der Waals surface area (Å²) in [7, 11) is 1.98. The molecule has 0 amide bonds. The molecule has 0 fully saturated rings. The van der Waals surface area contributed by atoms with Crippen LogP contribution in [0.5, 0.6) is 0 Å². The van der Waals surface area contributed by atoms with Gasteiger partial charge in [-0.3, -0.25) is 0 Å². The van der Waals surface area contributed by atoms with Crippen LogP contribution in [-0.4, -0.2) is 13.1 Å². The summed E-state index contributed by atoms with van der Waals surface area (Å²) < 4.78 is 5.88. The van der Waals surface area contributed by atoms with Gasteiger partial charge in [-0.2, -0.15) is 0 Å². The molecule has 3 heteroatoms. The summed E-state index contributed by atoms with van der Waals surface area (Å²) in [5.74, 6) is 0.853. The highest BCUT2D eigenvalue weighted by Crippen LogP contribution is 2.32. The van der Waals surface area contributed by atoms with Gasteiger partial charge < -0.3 is 9.73 Å². The minimum atomic E-state index is 0.473. The molecule has 2 nitrogen and oxygen atoms in total. The highest BCUT2D eigenvalue weighted by molar-refractivity contribution is 6.34. The second-order valence-corrected chi connectivity index (χ2v) is 5.77. The molecule has 0 saturated carbocycles. The molecule has 21 heavy (non-hydrogen) atoms. The van der Waals surface area contributed by atoms with Gasteiger partial charge in [-0.15, -0.1) is 0 Å². The summed E-state index contributed by atoms with van der Waals surface area (Å²) in [5, 5.41) is 4.93. The number of halogens is 1. The van der Waals surface area contributed by atoms with Gasteiger partial charge in [0.15, 0.2) is 5.58 Å². The third-order valence-electron chi connectivity index (χ3n) is 3.77. The van der Waals surface area contributed by atoms with Gasteiger partial charge in [0.1, 0.15) is 5.76 Å². The van der Waals surface area contributed by atoms with Gasteiger partial charge in [0.05, 0.1) is 5.02 Å². The third-order valence-corrected chi connectivity index (χ3v) is 4.07. The van der Waals surface area contributed by atoms with Crippen molar-refractivity contribution in [2.75, 3.05) is 7.05 Å². The van der Waals surface area contributed by atoms with Crippen LogP contribution in [0.3, 0.4) is 0 Å². The van der Waals surface area contributed by atoms with Crippen molar-refractivity contribution in [3.63, 3.8) is 0 Å². The molecular formula is C18H18ClNO. The van der Waals surface area contributed by atoms with E-state index in [0.717, 1.165) is 28.7 Å². The lowest BCUT2D eigenvalue weighted by atomic mass is 10.0. The van der Waals surface area contributed by atoms with Crippen LogP contribution in [0.25, 0.3) is 22.3 Å². The van der Waals surface area contributed by atoms with Gasteiger partial charge in [-0.25, -0.2) is 0 Å². The molecule has 2 aromatic carbocycles. The first-order chi connectivity index (χ1) is 10.2. The molecule has 0 aliphatic rings. The third kappa shape index (κ3) is 2.97. The van der Waals surface area contributed by atoms with Gasteiger partial charge in [0, 0.05) is 17.0 Å². The Morgan fingerprint density at radius 2 is 1.90 bits per heavy atom. The van der Waals surface area contributed by atoms with Crippen molar-refractivity contribution in [2.45, 2.75) is 19.4 Å². The second kappa shape index (κ2) is 5.92. The van der Waals surface area contributed by atoms with E-state index in [1.807, 2.05) is 31.3 Å². The maximum absolute atomic E-state index is 6.16. The van der Waals surface area contributed by atoms with Crippen molar-refractivity contribution in [1.29, 1.82) is 0 Å². The fourth-order valence-corrected chi connectivity index (χ4v) is 2.65. The average Bonchev–Trinajstić information content (AvgIpc) is 2.93. The molecule has 0 saturated heterocycles. The topological polar surface area (TPSA) is 25.2 Å². The first-order valence-corrected chi connectivity index (χ1v) is 7.50. The zero-order valence-corrected chi connectivity index (χ0v) is 12.9. The quantitative estimate of drug-likeness (QED) is 0.741. The monoisotopic (exact) mass is 299 g/mol. The van der Waals surface area contributed by atoms with Crippen LogP contribution in [0, 0.1) is 0 Å². The highest BCUT2D eigenvalue weighted by Gasteiger charge is 2.09. The van der Waals surface area contributed by atoms with E-state index in [2.05, 4.69) is 36.5 Å². The number of hydrogen-bond donors (Lipinski definition) is 1. The van der Waals surface area contributed by atoms with E-state index >= 15 is 0 Å². The molecule has 108 valence electrons. The fraction of sp³-hybridized carbons (Fsp3) is 0.222. The van der Waals surface area contributed by atoms with Crippen LogP contribution in [0.4, 0.5) is 0 Å². The standard InChI is InChI=1S/C18H18ClNO/c1-12(20-2)10-13-6-8-14(9-7-13)17-11-15-4-3-5-16(19)18(15)21-17/h3-9,11-12,20H,10H2,1-2H3. The van der Waals surface area contributed by atoms with Crippen LogP contribution in [0.1, 0.15) is 12.5 Å². The van der Waals surface area contributed by atoms with Crippen molar-refractivity contribution < 1.29 is 4.42 Å². The van der Waals surface area contributed by atoms with Gasteiger partial charge in [0.2, 0.25) is 0 Å². The van der Waals surface area contributed by atoms with E-state index in [4.69, 9.17) is 16.0 Å². The number of hydrogen-bond acceptors (Lipinski definition) is 2. The lowest BCUT2D eigenvalue weighted by Gasteiger charge is -2.09. The minimum absolute atomic E-state index is 0.473. The van der Waals surface area contributed by atoms with E-state index < -0.39 is 0 Å². The maximum atomic E-state index is 6.16. The van der Waals surface area contributed by atoms with E-state index in [0.29, 0.717) is 11.1 Å². The van der Waals surface area contributed by atoms with Crippen molar-refractivity contribution in [2.24, 2.45) is 0 Å². The number of likely N-dealkylation sites (N-methyl/N-ethyl adjacent to an activating group) is 1.